The fourth-order valence-electron chi connectivity index (χ4n) is 2.63. The van der Waals surface area contributed by atoms with Gasteiger partial charge in [-0.3, -0.25) is 0 Å². The van der Waals surface area contributed by atoms with Gasteiger partial charge in [0.25, 0.3) is 0 Å². The fraction of sp³-hybridized carbons (Fsp3) is 0.0500. The number of nitrogens with zero attached hydrogens (tertiary/aromatic N) is 1. The van der Waals surface area contributed by atoms with Gasteiger partial charge in [-0.2, -0.15) is 0 Å². The molecule has 0 aliphatic heterocycles. The number of hydrogen-bond donors (Lipinski definition) is 1. The highest BCUT2D eigenvalue weighted by Gasteiger charge is 2.09. The topological polar surface area (TPSA) is 37.9 Å². The van der Waals surface area contributed by atoms with Crippen molar-refractivity contribution in [2.75, 3.05) is 0 Å². The minimum Gasteiger partial charge on any atom is -0.487 e. The Kier molecular flexibility index (Phi) is 4.12. The molecule has 124 valence electrons. The lowest BCUT2D eigenvalue weighted by Gasteiger charge is -2.09. The van der Waals surface area contributed by atoms with Crippen LogP contribution in [0.5, 0.6) is 5.75 Å². The highest BCUT2D eigenvalue weighted by Crippen LogP contribution is 2.30. The van der Waals surface area contributed by atoms with E-state index in [4.69, 9.17) is 16.3 Å². The van der Waals surface area contributed by atoms with Gasteiger partial charge in [-0.25, -0.2) is 9.37 Å². The molecule has 4 rings (SSSR count). The summed E-state index contributed by atoms with van der Waals surface area (Å²) >= 11 is 6.32. The summed E-state index contributed by atoms with van der Waals surface area (Å²) in [6, 6.07) is 19.8. The summed E-state index contributed by atoms with van der Waals surface area (Å²) < 4.78 is 19.3. The zero-order valence-electron chi connectivity index (χ0n) is 13.2. The number of para-hydroxylation sites is 2. The standard InChI is InChI=1S/C20H14ClFN2O/c21-15-11-13(20-23-17-7-3-4-8-18(17)24-20)9-10-19(15)25-12-14-5-1-2-6-16(14)22/h1-11H,12H2,(H,23,24). The fourth-order valence-corrected chi connectivity index (χ4v) is 2.86. The first-order chi connectivity index (χ1) is 12.2. The minimum atomic E-state index is -0.294. The van der Waals surface area contributed by atoms with Gasteiger partial charge in [-0.05, 0) is 36.4 Å². The number of ether oxygens (including phenoxy) is 1. The number of benzene rings is 3. The number of rotatable bonds is 4. The number of imidazole rings is 1. The lowest BCUT2D eigenvalue weighted by molar-refractivity contribution is 0.300. The zero-order chi connectivity index (χ0) is 17.2. The van der Waals surface area contributed by atoms with E-state index in [9.17, 15) is 4.39 Å². The van der Waals surface area contributed by atoms with Crippen LogP contribution in [-0.4, -0.2) is 9.97 Å². The van der Waals surface area contributed by atoms with Crippen molar-refractivity contribution in [1.82, 2.24) is 9.97 Å². The molecule has 0 amide bonds. The minimum absolute atomic E-state index is 0.121. The lowest BCUT2D eigenvalue weighted by Crippen LogP contribution is -1.98. The summed E-state index contributed by atoms with van der Waals surface area (Å²) in [5.74, 6) is 0.950. The highest BCUT2D eigenvalue weighted by atomic mass is 35.5. The molecule has 0 aliphatic rings. The Hall–Kier alpha value is -2.85. The number of fused-ring (bicyclic) bond motifs is 1. The molecule has 0 saturated heterocycles. The van der Waals surface area contributed by atoms with Crippen LogP contribution in [0, 0.1) is 5.82 Å². The third-order valence-corrected chi connectivity index (χ3v) is 4.23. The molecule has 0 radical (unpaired) electrons. The Morgan fingerprint density at radius 1 is 1.00 bits per heavy atom. The predicted octanol–water partition coefficient (Wildman–Crippen LogP) is 5.60. The van der Waals surface area contributed by atoms with E-state index >= 15 is 0 Å². The molecule has 4 aromatic rings. The zero-order valence-corrected chi connectivity index (χ0v) is 13.9. The third kappa shape index (κ3) is 3.21. The van der Waals surface area contributed by atoms with Gasteiger partial charge in [0.1, 0.15) is 24.0 Å². The molecule has 0 unspecified atom stereocenters. The summed E-state index contributed by atoms with van der Waals surface area (Å²) in [5, 5.41) is 0.453. The lowest BCUT2D eigenvalue weighted by atomic mass is 10.2. The van der Waals surface area contributed by atoms with Crippen LogP contribution in [0.15, 0.2) is 66.7 Å². The normalized spacial score (nSPS) is 11.0. The maximum atomic E-state index is 13.7. The van der Waals surface area contributed by atoms with E-state index in [0.717, 1.165) is 22.4 Å². The Balaban J connectivity index is 1.57. The Morgan fingerprint density at radius 3 is 2.60 bits per heavy atom. The number of nitrogens with one attached hydrogen (secondary N) is 1. The average Bonchev–Trinajstić information content (AvgIpc) is 3.06. The number of aromatic amines is 1. The molecule has 1 heterocycles. The van der Waals surface area contributed by atoms with Gasteiger partial charge in [0.05, 0.1) is 16.1 Å². The van der Waals surface area contributed by atoms with Gasteiger partial charge in [-0.1, -0.05) is 41.9 Å². The van der Waals surface area contributed by atoms with Crippen molar-refractivity contribution < 1.29 is 9.13 Å². The molecule has 3 aromatic carbocycles. The van der Waals surface area contributed by atoms with Crippen molar-refractivity contribution >= 4 is 22.6 Å². The number of aromatic nitrogens is 2. The number of halogens is 2. The smallest absolute Gasteiger partial charge is 0.138 e. The van der Waals surface area contributed by atoms with Crippen LogP contribution in [0.25, 0.3) is 22.4 Å². The average molecular weight is 353 g/mol. The van der Waals surface area contributed by atoms with E-state index < -0.39 is 0 Å². The molecule has 5 heteroatoms. The van der Waals surface area contributed by atoms with Gasteiger partial charge >= 0.3 is 0 Å². The van der Waals surface area contributed by atoms with Crippen LogP contribution in [-0.2, 0) is 6.61 Å². The molecular formula is C20H14ClFN2O. The first kappa shape index (κ1) is 15.7. The molecule has 1 N–H and O–H groups in total. The van der Waals surface area contributed by atoms with E-state index in [1.54, 1.807) is 30.3 Å². The summed E-state index contributed by atoms with van der Waals surface area (Å²) in [6.07, 6.45) is 0. The SMILES string of the molecule is Fc1ccccc1COc1ccc(-c2nc3ccccc3[nH]2)cc1Cl. The van der Waals surface area contributed by atoms with E-state index in [0.29, 0.717) is 16.3 Å². The van der Waals surface area contributed by atoms with Gasteiger partial charge < -0.3 is 9.72 Å². The quantitative estimate of drug-likeness (QED) is 0.519. The Bertz CT molecular complexity index is 1010. The summed E-state index contributed by atoms with van der Waals surface area (Å²) in [4.78, 5) is 7.82. The van der Waals surface area contributed by atoms with Gasteiger partial charge in [-0.15, -0.1) is 0 Å². The third-order valence-electron chi connectivity index (χ3n) is 3.94. The second-order valence-corrected chi connectivity index (χ2v) is 6.04. The molecule has 0 saturated carbocycles. The molecule has 0 fully saturated rings. The van der Waals surface area contributed by atoms with Gasteiger partial charge in [0.2, 0.25) is 0 Å². The molecular weight excluding hydrogens is 339 g/mol. The maximum Gasteiger partial charge on any atom is 0.138 e. The number of H-pyrrole nitrogens is 1. The van der Waals surface area contributed by atoms with Crippen molar-refractivity contribution in [2.24, 2.45) is 0 Å². The van der Waals surface area contributed by atoms with Crippen LogP contribution < -0.4 is 4.74 Å². The molecule has 25 heavy (non-hydrogen) atoms. The largest absolute Gasteiger partial charge is 0.487 e. The van der Waals surface area contributed by atoms with Crippen molar-refractivity contribution in [2.45, 2.75) is 6.61 Å². The van der Waals surface area contributed by atoms with E-state index in [1.165, 1.54) is 6.07 Å². The van der Waals surface area contributed by atoms with Crippen LogP contribution in [0.1, 0.15) is 5.56 Å². The Labute approximate surface area is 149 Å². The molecule has 0 atom stereocenters. The van der Waals surface area contributed by atoms with Gasteiger partial charge in [0.15, 0.2) is 0 Å². The number of hydrogen-bond acceptors (Lipinski definition) is 2. The molecule has 1 aromatic heterocycles. The van der Waals surface area contributed by atoms with Crippen LogP contribution in [0.2, 0.25) is 5.02 Å². The van der Waals surface area contributed by atoms with Crippen molar-refractivity contribution in [1.29, 1.82) is 0 Å². The van der Waals surface area contributed by atoms with Crippen molar-refractivity contribution in [3.8, 4) is 17.1 Å². The summed E-state index contributed by atoms with van der Waals surface area (Å²) in [5.41, 5.74) is 3.21. The molecule has 0 aliphatic carbocycles. The predicted molar refractivity (Wildman–Crippen MR) is 97.3 cm³/mol. The van der Waals surface area contributed by atoms with E-state index in [1.807, 2.05) is 30.3 Å². The maximum absolute atomic E-state index is 13.7. The second kappa shape index (κ2) is 6.57. The van der Waals surface area contributed by atoms with Crippen LogP contribution >= 0.6 is 11.6 Å². The Morgan fingerprint density at radius 2 is 1.80 bits per heavy atom. The summed E-state index contributed by atoms with van der Waals surface area (Å²) in [7, 11) is 0. The first-order valence-electron chi connectivity index (χ1n) is 7.81. The highest BCUT2D eigenvalue weighted by molar-refractivity contribution is 6.32. The first-order valence-corrected chi connectivity index (χ1v) is 8.19. The van der Waals surface area contributed by atoms with Crippen LogP contribution in [0.4, 0.5) is 4.39 Å². The molecule has 0 spiro atoms. The second-order valence-electron chi connectivity index (χ2n) is 5.63. The van der Waals surface area contributed by atoms with Crippen LogP contribution in [0.3, 0.4) is 0 Å². The van der Waals surface area contributed by atoms with E-state index in [2.05, 4.69) is 9.97 Å². The van der Waals surface area contributed by atoms with Crippen molar-refractivity contribution in [3.05, 3.63) is 83.1 Å². The molecule has 0 bridgehead atoms. The van der Waals surface area contributed by atoms with Gasteiger partial charge in [0, 0.05) is 11.1 Å². The molecule has 3 nitrogen and oxygen atoms in total. The monoisotopic (exact) mass is 352 g/mol. The summed E-state index contributed by atoms with van der Waals surface area (Å²) in [6.45, 7) is 0.121. The van der Waals surface area contributed by atoms with E-state index in [-0.39, 0.29) is 12.4 Å². The van der Waals surface area contributed by atoms with Crippen molar-refractivity contribution in [3.63, 3.8) is 0 Å².